The van der Waals surface area contributed by atoms with E-state index in [4.69, 9.17) is 0 Å². The van der Waals surface area contributed by atoms with Crippen LogP contribution in [0, 0.1) is 23.2 Å². The number of benzene rings is 1. The molecule has 0 spiro atoms. The van der Waals surface area contributed by atoms with Crippen LogP contribution in [0.1, 0.15) is 67.3 Å². The standard InChI is InChI=1S/C27H37N3O2/c31-25(29-7-1-2-8-29)24-5-3-20(4-6-24)19-28-9-11-30(12-10-28)26(32)27-16-21-13-22(17-27)15-23(14-21)18-27/h3-6,21-23H,1-2,7-19H2. The SMILES string of the molecule is O=C(c1ccc(CN2CCN(C(=O)C34CC5CC(CC(C5)C3)C4)CC2)cc1)N1CCCC1. The maximum Gasteiger partial charge on any atom is 0.253 e. The second kappa shape index (κ2) is 8.16. The Morgan fingerprint density at radius 2 is 1.31 bits per heavy atom. The molecule has 6 aliphatic rings. The lowest BCUT2D eigenvalue weighted by atomic mass is 9.49. The molecule has 0 N–H and O–H groups in total. The van der Waals surface area contributed by atoms with Gasteiger partial charge in [0.15, 0.2) is 0 Å². The summed E-state index contributed by atoms with van der Waals surface area (Å²) in [5.74, 6) is 3.14. The van der Waals surface area contributed by atoms with Gasteiger partial charge in [-0.05, 0) is 86.8 Å². The molecule has 5 heteroatoms. The van der Waals surface area contributed by atoms with E-state index >= 15 is 0 Å². The smallest absolute Gasteiger partial charge is 0.253 e. The van der Waals surface area contributed by atoms with Crippen LogP contribution in [-0.4, -0.2) is 65.8 Å². The van der Waals surface area contributed by atoms with Crippen LogP contribution in [-0.2, 0) is 11.3 Å². The zero-order valence-electron chi connectivity index (χ0n) is 19.3. The Morgan fingerprint density at radius 1 is 0.750 bits per heavy atom. The highest BCUT2D eigenvalue weighted by Crippen LogP contribution is 2.60. The van der Waals surface area contributed by atoms with E-state index in [1.54, 1.807) is 0 Å². The van der Waals surface area contributed by atoms with E-state index in [9.17, 15) is 9.59 Å². The summed E-state index contributed by atoms with van der Waals surface area (Å²) in [6.45, 7) is 6.33. The Morgan fingerprint density at radius 3 is 1.88 bits per heavy atom. The van der Waals surface area contributed by atoms with Gasteiger partial charge in [-0.15, -0.1) is 0 Å². The minimum absolute atomic E-state index is 0.00533. The van der Waals surface area contributed by atoms with Crippen molar-refractivity contribution in [2.75, 3.05) is 39.3 Å². The van der Waals surface area contributed by atoms with Gasteiger partial charge in [-0.1, -0.05) is 12.1 Å². The summed E-state index contributed by atoms with van der Waals surface area (Å²) in [5.41, 5.74) is 2.06. The third kappa shape index (κ3) is 3.76. The van der Waals surface area contributed by atoms with Crippen molar-refractivity contribution in [1.29, 1.82) is 0 Å². The second-order valence-electron chi connectivity index (χ2n) is 11.5. The Bertz CT molecular complexity index is 830. The fourth-order valence-electron chi connectivity index (χ4n) is 7.93. The predicted octanol–water partition coefficient (Wildman–Crippen LogP) is 3.78. The number of carbonyl (C=O) groups is 2. The third-order valence-corrected chi connectivity index (χ3v) is 9.15. The summed E-state index contributed by atoms with van der Waals surface area (Å²) in [5, 5.41) is 0. The first-order valence-electron chi connectivity index (χ1n) is 13.0. The van der Waals surface area contributed by atoms with Crippen LogP contribution in [0.3, 0.4) is 0 Å². The number of hydrogen-bond acceptors (Lipinski definition) is 3. The molecule has 172 valence electrons. The van der Waals surface area contributed by atoms with Gasteiger partial charge in [0.05, 0.1) is 5.41 Å². The maximum atomic E-state index is 13.6. The Hall–Kier alpha value is -1.88. The number of likely N-dealkylation sites (tertiary alicyclic amines) is 1. The summed E-state index contributed by atoms with van der Waals surface area (Å²) in [7, 11) is 0. The molecule has 1 aromatic carbocycles. The molecule has 7 rings (SSSR count). The summed E-state index contributed by atoms with van der Waals surface area (Å²) >= 11 is 0. The lowest BCUT2D eigenvalue weighted by molar-refractivity contribution is -0.159. The van der Waals surface area contributed by atoms with E-state index < -0.39 is 0 Å². The second-order valence-corrected chi connectivity index (χ2v) is 11.5. The highest BCUT2D eigenvalue weighted by Gasteiger charge is 2.55. The van der Waals surface area contributed by atoms with Crippen LogP contribution in [0.2, 0.25) is 0 Å². The highest BCUT2D eigenvalue weighted by molar-refractivity contribution is 5.94. The lowest BCUT2D eigenvalue weighted by Gasteiger charge is -2.57. The number of nitrogens with zero attached hydrogens (tertiary/aromatic N) is 3. The van der Waals surface area contributed by atoms with Gasteiger partial charge in [0, 0.05) is 51.4 Å². The van der Waals surface area contributed by atoms with Gasteiger partial charge in [-0.2, -0.15) is 0 Å². The predicted molar refractivity (Wildman–Crippen MR) is 124 cm³/mol. The molecule has 1 aromatic rings. The largest absolute Gasteiger partial charge is 0.340 e. The Kier molecular flexibility index (Phi) is 5.28. The number of hydrogen-bond donors (Lipinski definition) is 0. The lowest BCUT2D eigenvalue weighted by Crippen LogP contribution is -2.58. The average molecular weight is 436 g/mol. The molecule has 2 aliphatic heterocycles. The normalized spacial score (nSPS) is 34.3. The molecule has 0 radical (unpaired) electrons. The number of rotatable bonds is 4. The number of carbonyl (C=O) groups excluding carboxylic acids is 2. The van der Waals surface area contributed by atoms with Crippen LogP contribution in [0.4, 0.5) is 0 Å². The van der Waals surface area contributed by atoms with Gasteiger partial charge in [0.25, 0.3) is 5.91 Å². The molecular formula is C27H37N3O2. The molecule has 32 heavy (non-hydrogen) atoms. The first-order chi connectivity index (χ1) is 15.6. The fourth-order valence-corrected chi connectivity index (χ4v) is 7.93. The molecule has 2 amide bonds. The third-order valence-electron chi connectivity index (χ3n) is 9.15. The zero-order chi connectivity index (χ0) is 21.7. The van der Waals surface area contributed by atoms with E-state index in [-0.39, 0.29) is 11.3 Å². The van der Waals surface area contributed by atoms with Crippen LogP contribution >= 0.6 is 0 Å². The minimum atomic E-state index is -0.00533. The minimum Gasteiger partial charge on any atom is -0.340 e. The van der Waals surface area contributed by atoms with Gasteiger partial charge < -0.3 is 9.80 Å². The molecule has 2 saturated heterocycles. The van der Waals surface area contributed by atoms with Crippen molar-refractivity contribution in [3.05, 3.63) is 35.4 Å². The number of piperazine rings is 1. The quantitative estimate of drug-likeness (QED) is 0.723. The van der Waals surface area contributed by atoms with E-state index in [0.29, 0.717) is 5.91 Å². The molecule has 4 saturated carbocycles. The van der Waals surface area contributed by atoms with Crippen molar-refractivity contribution in [1.82, 2.24) is 14.7 Å². The molecule has 0 aromatic heterocycles. The van der Waals surface area contributed by atoms with Gasteiger partial charge >= 0.3 is 0 Å². The van der Waals surface area contributed by atoms with Crippen molar-refractivity contribution in [3.63, 3.8) is 0 Å². The molecule has 6 fully saturated rings. The Balaban J connectivity index is 1.03. The molecule has 4 aliphatic carbocycles. The topological polar surface area (TPSA) is 43.9 Å². The van der Waals surface area contributed by atoms with E-state index in [0.717, 1.165) is 82.0 Å². The van der Waals surface area contributed by atoms with Crippen molar-refractivity contribution >= 4 is 11.8 Å². The van der Waals surface area contributed by atoms with Crippen molar-refractivity contribution in [3.8, 4) is 0 Å². The molecule has 5 nitrogen and oxygen atoms in total. The molecule has 4 bridgehead atoms. The molecule has 0 unspecified atom stereocenters. The van der Waals surface area contributed by atoms with Gasteiger partial charge in [-0.3, -0.25) is 14.5 Å². The Labute approximate surface area is 192 Å². The molecule has 0 atom stereocenters. The zero-order valence-corrected chi connectivity index (χ0v) is 19.3. The molecular weight excluding hydrogens is 398 g/mol. The summed E-state index contributed by atoms with van der Waals surface area (Å²) < 4.78 is 0. The van der Waals surface area contributed by atoms with Crippen molar-refractivity contribution in [2.45, 2.75) is 57.9 Å². The average Bonchev–Trinajstić information content (AvgIpc) is 3.33. The fraction of sp³-hybridized carbons (Fsp3) is 0.704. The van der Waals surface area contributed by atoms with Gasteiger partial charge in [0.1, 0.15) is 0 Å². The number of amides is 2. The first-order valence-corrected chi connectivity index (χ1v) is 13.0. The summed E-state index contributed by atoms with van der Waals surface area (Å²) in [6, 6.07) is 8.19. The van der Waals surface area contributed by atoms with E-state index in [1.165, 1.54) is 44.1 Å². The van der Waals surface area contributed by atoms with Crippen LogP contribution in [0.15, 0.2) is 24.3 Å². The van der Waals surface area contributed by atoms with Crippen LogP contribution in [0.25, 0.3) is 0 Å². The first kappa shape index (κ1) is 20.7. The van der Waals surface area contributed by atoms with Gasteiger partial charge in [0.2, 0.25) is 5.91 Å². The summed E-state index contributed by atoms with van der Waals surface area (Å²) in [4.78, 5) is 32.8. The van der Waals surface area contributed by atoms with E-state index in [2.05, 4.69) is 21.9 Å². The van der Waals surface area contributed by atoms with Gasteiger partial charge in [-0.25, -0.2) is 0 Å². The monoisotopic (exact) mass is 435 g/mol. The summed E-state index contributed by atoms with van der Waals surface area (Å²) in [6.07, 6.45) is 9.93. The van der Waals surface area contributed by atoms with E-state index in [1.807, 2.05) is 17.0 Å². The molecule has 2 heterocycles. The van der Waals surface area contributed by atoms with Crippen LogP contribution < -0.4 is 0 Å². The highest BCUT2D eigenvalue weighted by atomic mass is 16.2. The maximum absolute atomic E-state index is 13.6. The van der Waals surface area contributed by atoms with Crippen molar-refractivity contribution < 1.29 is 9.59 Å². The van der Waals surface area contributed by atoms with Crippen molar-refractivity contribution in [2.24, 2.45) is 23.2 Å². The van der Waals surface area contributed by atoms with Crippen LogP contribution in [0.5, 0.6) is 0 Å².